The van der Waals surface area contributed by atoms with E-state index in [1.54, 1.807) is 0 Å². The van der Waals surface area contributed by atoms with Crippen molar-refractivity contribution >= 4 is 47.5 Å². The maximum absolute atomic E-state index is 11.3. The van der Waals surface area contributed by atoms with Crippen molar-refractivity contribution < 1.29 is 97.5 Å². The first-order valence-electron chi connectivity index (χ1n) is 18.9. The van der Waals surface area contributed by atoms with Gasteiger partial charge in [-0.25, -0.2) is 39.1 Å². The third-order valence-electron chi connectivity index (χ3n) is 8.71. The Labute approximate surface area is 383 Å². The first-order chi connectivity index (χ1) is 29.0. The van der Waals surface area contributed by atoms with Gasteiger partial charge in [0.1, 0.15) is 26.4 Å². The standard InChI is InChI=1S/4C11H11NO3.2Rh/c4*13-10-6-9(12-10)11(14)15-7-8-4-2-1-3-5-8;;/h4*1-5,9H,6-7H2,(H,12,13);;/t4*9-;;/m0000../s1. The zero-order valence-corrected chi connectivity index (χ0v) is 36.3. The molecule has 4 N–H and O–H groups in total. The Morgan fingerprint density at radius 2 is 0.532 bits per heavy atom. The fraction of sp³-hybridized carbons (Fsp3) is 0.273. The fourth-order valence-corrected chi connectivity index (χ4v) is 5.20. The summed E-state index contributed by atoms with van der Waals surface area (Å²) < 4.78 is 20.1. The first-order valence-corrected chi connectivity index (χ1v) is 18.9. The third-order valence-corrected chi connectivity index (χ3v) is 8.71. The summed E-state index contributed by atoms with van der Waals surface area (Å²) in [6.07, 6.45) is 1.20. The van der Waals surface area contributed by atoms with Crippen LogP contribution >= 0.6 is 0 Å². The minimum Gasteiger partial charge on any atom is -0.497 e. The van der Waals surface area contributed by atoms with Crippen molar-refractivity contribution in [2.45, 2.75) is 76.3 Å². The van der Waals surface area contributed by atoms with Gasteiger partial charge in [-0.1, -0.05) is 121 Å². The quantitative estimate of drug-likeness (QED) is 0.0746. The largest absolute Gasteiger partial charge is 0.497 e. The van der Waals surface area contributed by atoms with Crippen LogP contribution in [-0.2, 0) is 104 Å². The summed E-state index contributed by atoms with van der Waals surface area (Å²) in [4.78, 5) is 59.7. The van der Waals surface area contributed by atoms with Crippen LogP contribution in [-0.4, -0.2) is 92.1 Å². The number of hydrogen-bond acceptors (Lipinski definition) is 12. The molecule has 4 aliphatic rings. The summed E-state index contributed by atoms with van der Waals surface area (Å²) in [5.41, 5.74) is 3.77. The van der Waals surface area contributed by atoms with Gasteiger partial charge in [-0.15, -0.1) is 0 Å². The molecule has 0 unspecified atom stereocenters. The average molecular weight is 1030 g/mol. The molecule has 18 heteroatoms. The predicted molar refractivity (Wildman–Crippen MR) is 219 cm³/mol. The number of aliphatic hydroxyl groups is 4. The molecule has 0 bridgehead atoms. The number of rotatable bonds is 12. The zero-order chi connectivity index (χ0) is 42.7. The number of aliphatic hydroxyl groups excluding tert-OH is 4. The summed E-state index contributed by atoms with van der Waals surface area (Å²) in [5.74, 6) is -1.41. The van der Waals surface area contributed by atoms with E-state index in [4.69, 9.17) is 39.4 Å². The summed E-state index contributed by atoms with van der Waals surface area (Å²) >= 11 is 0. The van der Waals surface area contributed by atoms with Gasteiger partial charge in [-0.3, -0.25) is 0 Å². The number of benzene rings is 4. The molecule has 4 heterocycles. The van der Waals surface area contributed by atoms with Gasteiger partial charge >= 0.3 is 23.9 Å². The maximum atomic E-state index is 11.3. The van der Waals surface area contributed by atoms with Crippen molar-refractivity contribution in [3.8, 4) is 0 Å². The molecule has 16 nitrogen and oxygen atoms in total. The predicted octanol–water partition coefficient (Wildman–Crippen LogP) is 5.83. The van der Waals surface area contributed by atoms with Crippen LogP contribution < -0.4 is 0 Å². The number of carbonyl (C=O) groups is 4. The molecule has 62 heavy (non-hydrogen) atoms. The fourth-order valence-electron chi connectivity index (χ4n) is 5.20. The number of ether oxygens (including phenoxy) is 4. The molecular formula is C44H44N4O12Rh2. The molecular weight excluding hydrogens is 982 g/mol. The summed E-state index contributed by atoms with van der Waals surface area (Å²) in [7, 11) is 0. The Hall–Kier alpha value is -6.11. The van der Waals surface area contributed by atoms with Gasteiger partial charge in [-0.05, 0) is 22.3 Å². The smallest absolute Gasteiger partial charge is 0.331 e. The van der Waals surface area contributed by atoms with Crippen LogP contribution in [0.4, 0.5) is 0 Å². The summed E-state index contributed by atoms with van der Waals surface area (Å²) in [6, 6.07) is 35.7. The number of carbonyl (C=O) groups excluding carboxylic acids is 4. The Morgan fingerprint density at radius 3 is 0.677 bits per heavy atom. The molecule has 0 aromatic heterocycles. The summed E-state index contributed by atoms with van der Waals surface area (Å²) in [5, 5.41) is 35.2. The number of hydrogen-bond donors (Lipinski definition) is 4. The Morgan fingerprint density at radius 1 is 0.371 bits per heavy atom. The minimum absolute atomic E-state index is 0. The van der Waals surface area contributed by atoms with E-state index in [-0.39, 0.29) is 113 Å². The van der Waals surface area contributed by atoms with Gasteiger partial charge < -0.3 is 39.4 Å². The molecule has 2 radical (unpaired) electrons. The van der Waals surface area contributed by atoms with Crippen LogP contribution in [0.2, 0.25) is 0 Å². The molecule has 0 aliphatic carbocycles. The van der Waals surface area contributed by atoms with E-state index in [0.29, 0.717) is 25.7 Å². The Balaban J connectivity index is 0.000000218. The van der Waals surface area contributed by atoms with E-state index in [0.717, 1.165) is 22.3 Å². The van der Waals surface area contributed by atoms with Gasteiger partial charge in [0.25, 0.3) is 0 Å². The molecule has 4 aromatic carbocycles. The molecule has 0 amide bonds. The minimum atomic E-state index is -0.506. The van der Waals surface area contributed by atoms with Crippen molar-refractivity contribution in [2.75, 3.05) is 0 Å². The molecule has 4 aromatic rings. The van der Waals surface area contributed by atoms with E-state index in [9.17, 15) is 19.2 Å². The van der Waals surface area contributed by atoms with Crippen molar-refractivity contribution in [3.63, 3.8) is 0 Å². The molecule has 330 valence electrons. The number of nitrogens with zero attached hydrogens (tertiary/aromatic N) is 4. The van der Waals surface area contributed by atoms with Crippen molar-refractivity contribution in [2.24, 2.45) is 20.0 Å². The van der Waals surface area contributed by atoms with Crippen LogP contribution in [0.25, 0.3) is 0 Å². The van der Waals surface area contributed by atoms with Crippen LogP contribution in [0, 0.1) is 0 Å². The van der Waals surface area contributed by atoms with Crippen molar-refractivity contribution in [1.29, 1.82) is 0 Å². The van der Waals surface area contributed by atoms with Gasteiger partial charge in [0.05, 0.1) is 25.7 Å². The third kappa shape index (κ3) is 17.1. The maximum Gasteiger partial charge on any atom is 0.331 e. The molecule has 4 aliphatic heterocycles. The van der Waals surface area contributed by atoms with E-state index in [1.807, 2.05) is 121 Å². The van der Waals surface area contributed by atoms with Gasteiger partial charge in [0.2, 0.25) is 0 Å². The Bertz CT molecular complexity index is 1870. The van der Waals surface area contributed by atoms with Crippen LogP contribution in [0.3, 0.4) is 0 Å². The van der Waals surface area contributed by atoms with E-state index in [2.05, 4.69) is 20.0 Å². The molecule has 0 saturated heterocycles. The van der Waals surface area contributed by atoms with E-state index >= 15 is 0 Å². The normalized spacial score (nSPS) is 18.3. The second-order valence-corrected chi connectivity index (χ2v) is 13.4. The van der Waals surface area contributed by atoms with E-state index < -0.39 is 24.2 Å². The topological polar surface area (TPSA) is 236 Å². The summed E-state index contributed by atoms with van der Waals surface area (Å²) in [6.45, 7) is 1.03. The number of aliphatic imine (C=N–C) groups is 4. The molecule has 4 atom stereocenters. The molecule has 0 fully saturated rings. The molecule has 8 rings (SSSR count). The SMILES string of the molecule is O=C(OCc1ccccc1)[C@@H]1CC(O)=N1.O=C(OCc1ccccc1)[C@@H]1CC(O)=N1.O=C(OCc1ccccc1)[C@@H]1CC(O)=N1.O=C(OCc1ccccc1)[C@@H]1CC(O)=N1.[Rh].[Rh]. The van der Waals surface area contributed by atoms with E-state index in [1.165, 1.54) is 0 Å². The second kappa shape index (κ2) is 26.3. The van der Waals surface area contributed by atoms with Gasteiger partial charge in [0, 0.05) is 39.0 Å². The van der Waals surface area contributed by atoms with Crippen molar-refractivity contribution in [3.05, 3.63) is 144 Å². The Kier molecular flexibility index (Phi) is 21.3. The number of esters is 4. The monoisotopic (exact) mass is 1030 g/mol. The van der Waals surface area contributed by atoms with Gasteiger partial charge in [0.15, 0.2) is 47.8 Å². The second-order valence-electron chi connectivity index (χ2n) is 13.4. The van der Waals surface area contributed by atoms with Crippen LogP contribution in [0.5, 0.6) is 0 Å². The van der Waals surface area contributed by atoms with Crippen LogP contribution in [0.1, 0.15) is 47.9 Å². The average Bonchev–Trinajstić information content (AvgIpc) is 3.23. The zero-order valence-electron chi connectivity index (χ0n) is 33.0. The molecule has 0 saturated carbocycles. The van der Waals surface area contributed by atoms with Crippen molar-refractivity contribution in [1.82, 2.24) is 0 Å². The molecule has 0 spiro atoms. The van der Waals surface area contributed by atoms with Crippen LogP contribution in [0.15, 0.2) is 141 Å². The van der Waals surface area contributed by atoms with Gasteiger partial charge in [-0.2, -0.15) is 0 Å². The first kappa shape index (κ1) is 50.2.